The van der Waals surface area contributed by atoms with E-state index < -0.39 is 6.17 Å². The van der Waals surface area contributed by atoms with Gasteiger partial charge in [-0.3, -0.25) is 0 Å². The molecule has 0 bridgehead atoms. The maximum Gasteiger partial charge on any atom is 0.101 e. The lowest BCUT2D eigenvalue weighted by molar-refractivity contribution is 0.231. The molecule has 1 aliphatic rings. The van der Waals surface area contributed by atoms with Gasteiger partial charge in [-0.15, -0.1) is 0 Å². The third-order valence-corrected chi connectivity index (χ3v) is 3.30. The summed E-state index contributed by atoms with van der Waals surface area (Å²) >= 11 is 0. The number of nitrogens with two attached hydrogens (primary N) is 1. The highest BCUT2D eigenvalue weighted by molar-refractivity contribution is 5.25. The molecule has 1 nitrogen and oxygen atoms in total. The molecular weight excluding hydrogens is 189 g/mol. The van der Waals surface area contributed by atoms with Gasteiger partial charge in [0.15, 0.2) is 0 Å². The second-order valence-electron chi connectivity index (χ2n) is 4.41. The van der Waals surface area contributed by atoms with E-state index in [2.05, 4.69) is 24.3 Å². The van der Waals surface area contributed by atoms with Gasteiger partial charge in [0.05, 0.1) is 0 Å². The van der Waals surface area contributed by atoms with Crippen LogP contribution < -0.4 is 5.73 Å². The normalized spacial score (nSPS) is 26.5. The second kappa shape index (κ2) is 4.75. The average molecular weight is 207 g/mol. The van der Waals surface area contributed by atoms with Crippen molar-refractivity contribution in [1.82, 2.24) is 0 Å². The van der Waals surface area contributed by atoms with E-state index in [4.69, 9.17) is 5.73 Å². The zero-order chi connectivity index (χ0) is 10.7. The summed E-state index contributed by atoms with van der Waals surface area (Å²) in [5, 5.41) is 0. The second-order valence-corrected chi connectivity index (χ2v) is 4.41. The number of hydrogen-bond acceptors (Lipinski definition) is 1. The van der Waals surface area contributed by atoms with E-state index in [9.17, 15) is 4.39 Å². The Labute approximate surface area is 90.5 Å². The van der Waals surface area contributed by atoms with Crippen LogP contribution in [-0.4, -0.2) is 6.17 Å². The highest BCUT2D eigenvalue weighted by atomic mass is 19.1. The molecule has 1 aromatic carbocycles. The highest BCUT2D eigenvalue weighted by Gasteiger charge is 2.22. The molecule has 1 aromatic rings. The third-order valence-electron chi connectivity index (χ3n) is 3.30. The van der Waals surface area contributed by atoms with Crippen LogP contribution in [0.4, 0.5) is 4.39 Å². The number of rotatable bonds is 2. The first-order valence-corrected chi connectivity index (χ1v) is 5.72. The van der Waals surface area contributed by atoms with Crippen molar-refractivity contribution in [2.24, 2.45) is 5.73 Å². The molecule has 0 aromatic heterocycles. The Kier molecular flexibility index (Phi) is 3.37. The molecule has 2 rings (SSSR count). The first kappa shape index (κ1) is 10.6. The van der Waals surface area contributed by atoms with Crippen molar-refractivity contribution in [2.45, 2.75) is 44.3 Å². The lowest BCUT2D eigenvalue weighted by atomic mass is 9.83. The van der Waals surface area contributed by atoms with Gasteiger partial charge in [0.1, 0.15) is 6.17 Å². The summed E-state index contributed by atoms with van der Waals surface area (Å²) in [6.07, 6.45) is 2.99. The third kappa shape index (κ3) is 2.57. The molecule has 0 radical (unpaired) electrons. The van der Waals surface area contributed by atoms with Crippen molar-refractivity contribution < 1.29 is 4.39 Å². The van der Waals surface area contributed by atoms with Gasteiger partial charge in [-0.25, -0.2) is 4.39 Å². The van der Waals surface area contributed by atoms with Gasteiger partial charge in [0.2, 0.25) is 0 Å². The van der Waals surface area contributed by atoms with Crippen molar-refractivity contribution >= 4 is 0 Å². The van der Waals surface area contributed by atoms with Crippen LogP contribution in [0, 0.1) is 0 Å². The number of alkyl halides is 1. The van der Waals surface area contributed by atoms with Gasteiger partial charge >= 0.3 is 0 Å². The number of halogens is 1. The Hall–Kier alpha value is -0.890. The molecule has 2 N–H and O–H groups in total. The first-order chi connectivity index (χ1) is 7.29. The minimum absolute atomic E-state index is 0.417. The van der Waals surface area contributed by atoms with Gasteiger partial charge in [0.25, 0.3) is 0 Å². The molecular formula is C13H18FN. The highest BCUT2D eigenvalue weighted by Crippen LogP contribution is 2.34. The summed E-state index contributed by atoms with van der Waals surface area (Å²) in [6, 6.07) is 8.31. The first-order valence-electron chi connectivity index (χ1n) is 5.72. The van der Waals surface area contributed by atoms with Crippen LogP contribution in [0.2, 0.25) is 0 Å². The summed E-state index contributed by atoms with van der Waals surface area (Å²) in [5.74, 6) is 0.417. The fourth-order valence-electron chi connectivity index (χ4n) is 2.36. The largest absolute Gasteiger partial charge is 0.326 e. The van der Waals surface area contributed by atoms with Crippen LogP contribution >= 0.6 is 0 Å². The van der Waals surface area contributed by atoms with Crippen molar-refractivity contribution in [2.75, 3.05) is 0 Å². The molecule has 2 atom stereocenters. The van der Waals surface area contributed by atoms with E-state index in [-0.39, 0.29) is 0 Å². The van der Waals surface area contributed by atoms with E-state index in [1.165, 1.54) is 5.56 Å². The number of hydrogen-bond donors (Lipinski definition) is 1. The zero-order valence-corrected chi connectivity index (χ0v) is 8.95. The molecule has 82 valence electrons. The molecule has 1 fully saturated rings. The van der Waals surface area contributed by atoms with E-state index in [0.717, 1.165) is 24.8 Å². The molecule has 0 saturated heterocycles. The van der Waals surface area contributed by atoms with Gasteiger partial charge in [0, 0.05) is 6.54 Å². The van der Waals surface area contributed by atoms with Crippen LogP contribution in [0.15, 0.2) is 24.3 Å². The topological polar surface area (TPSA) is 26.0 Å². The average Bonchev–Trinajstić information content (AvgIpc) is 2.29. The van der Waals surface area contributed by atoms with Crippen LogP contribution in [0.5, 0.6) is 0 Å². The number of benzene rings is 1. The van der Waals surface area contributed by atoms with Crippen LogP contribution in [-0.2, 0) is 6.54 Å². The standard InChI is InChI=1S/C13H18FN/c14-13-3-1-2-12(8-13)11-6-4-10(9-15)5-7-11/h4-7,12-13H,1-3,8-9,15H2. The lowest BCUT2D eigenvalue weighted by Gasteiger charge is -2.24. The fraction of sp³-hybridized carbons (Fsp3) is 0.538. The van der Waals surface area contributed by atoms with Gasteiger partial charge in [-0.2, -0.15) is 0 Å². The maximum absolute atomic E-state index is 13.2. The monoisotopic (exact) mass is 207 g/mol. The molecule has 15 heavy (non-hydrogen) atoms. The Morgan fingerprint density at radius 3 is 2.53 bits per heavy atom. The Bertz CT molecular complexity index is 307. The minimum Gasteiger partial charge on any atom is -0.326 e. The summed E-state index contributed by atoms with van der Waals surface area (Å²) in [6.45, 7) is 0.580. The predicted molar refractivity (Wildman–Crippen MR) is 60.4 cm³/mol. The molecule has 0 amide bonds. The SMILES string of the molecule is NCc1ccc(C2CCCC(F)C2)cc1. The summed E-state index contributed by atoms with van der Waals surface area (Å²) in [5.41, 5.74) is 7.96. The Morgan fingerprint density at radius 2 is 1.93 bits per heavy atom. The van der Waals surface area contributed by atoms with Gasteiger partial charge in [-0.1, -0.05) is 24.3 Å². The van der Waals surface area contributed by atoms with E-state index in [1.807, 2.05) is 0 Å². The van der Waals surface area contributed by atoms with E-state index in [1.54, 1.807) is 0 Å². The smallest absolute Gasteiger partial charge is 0.101 e. The summed E-state index contributed by atoms with van der Waals surface area (Å²) in [4.78, 5) is 0. The Balaban J connectivity index is 2.07. The predicted octanol–water partition coefficient (Wildman–Crippen LogP) is 3.14. The van der Waals surface area contributed by atoms with Crippen LogP contribution in [0.1, 0.15) is 42.7 Å². The van der Waals surface area contributed by atoms with Crippen LogP contribution in [0.25, 0.3) is 0 Å². The quantitative estimate of drug-likeness (QED) is 0.792. The van der Waals surface area contributed by atoms with Crippen LogP contribution in [0.3, 0.4) is 0 Å². The molecule has 1 aliphatic carbocycles. The van der Waals surface area contributed by atoms with Crippen molar-refractivity contribution in [1.29, 1.82) is 0 Å². The molecule has 1 saturated carbocycles. The van der Waals surface area contributed by atoms with Crippen molar-refractivity contribution in [3.05, 3.63) is 35.4 Å². The lowest BCUT2D eigenvalue weighted by Crippen LogP contribution is -2.14. The molecule has 0 aliphatic heterocycles. The van der Waals surface area contributed by atoms with Crippen molar-refractivity contribution in [3.63, 3.8) is 0 Å². The van der Waals surface area contributed by atoms with Gasteiger partial charge in [-0.05, 0) is 42.7 Å². The molecule has 0 spiro atoms. The molecule has 0 heterocycles. The zero-order valence-electron chi connectivity index (χ0n) is 8.95. The molecule has 2 unspecified atom stereocenters. The van der Waals surface area contributed by atoms with Crippen molar-refractivity contribution in [3.8, 4) is 0 Å². The molecule has 2 heteroatoms. The fourth-order valence-corrected chi connectivity index (χ4v) is 2.36. The summed E-state index contributed by atoms with van der Waals surface area (Å²) in [7, 11) is 0. The maximum atomic E-state index is 13.2. The summed E-state index contributed by atoms with van der Waals surface area (Å²) < 4.78 is 13.2. The van der Waals surface area contributed by atoms with E-state index in [0.29, 0.717) is 18.9 Å². The Morgan fingerprint density at radius 1 is 1.20 bits per heavy atom. The minimum atomic E-state index is -0.599. The van der Waals surface area contributed by atoms with Gasteiger partial charge < -0.3 is 5.73 Å². The van der Waals surface area contributed by atoms with E-state index >= 15 is 0 Å².